The zero-order chi connectivity index (χ0) is 14.2. The van der Waals surface area contributed by atoms with Crippen molar-refractivity contribution in [3.05, 3.63) is 53.7 Å². The third-order valence-corrected chi connectivity index (χ3v) is 4.18. The van der Waals surface area contributed by atoms with Gasteiger partial charge in [-0.15, -0.1) is 0 Å². The molecule has 1 aromatic carbocycles. The maximum absolute atomic E-state index is 12.5. The zero-order valence-electron chi connectivity index (χ0n) is 11.5. The van der Waals surface area contributed by atoms with Gasteiger partial charge in [0.1, 0.15) is 0 Å². The van der Waals surface area contributed by atoms with Crippen molar-refractivity contribution in [3.8, 4) is 0 Å². The molecule has 5 heteroatoms. The molecule has 0 bridgehead atoms. The lowest BCUT2D eigenvalue weighted by molar-refractivity contribution is -0.122. The van der Waals surface area contributed by atoms with Gasteiger partial charge in [-0.2, -0.15) is 0 Å². The number of nitrogens with zero attached hydrogens (tertiary/aromatic N) is 1. The van der Waals surface area contributed by atoms with Crippen molar-refractivity contribution in [3.63, 3.8) is 0 Å². The van der Waals surface area contributed by atoms with Crippen LogP contribution in [0.5, 0.6) is 0 Å². The van der Waals surface area contributed by atoms with Crippen LogP contribution in [0.1, 0.15) is 27.0 Å². The van der Waals surface area contributed by atoms with Crippen molar-refractivity contribution in [2.45, 2.75) is 18.8 Å². The van der Waals surface area contributed by atoms with Gasteiger partial charge in [-0.3, -0.25) is 4.79 Å². The summed E-state index contributed by atoms with van der Waals surface area (Å²) in [6.45, 7) is 0.680. The van der Waals surface area contributed by atoms with E-state index in [1.54, 1.807) is 12.5 Å². The summed E-state index contributed by atoms with van der Waals surface area (Å²) in [4.78, 5) is 23.0. The fraction of sp³-hybridized carbons (Fsp3) is 0.250. The lowest BCUT2D eigenvalue weighted by Crippen LogP contribution is -2.33. The highest BCUT2D eigenvalue weighted by Crippen LogP contribution is 2.32. The summed E-state index contributed by atoms with van der Waals surface area (Å²) in [6.07, 6.45) is 6.98. The first-order chi connectivity index (χ1) is 10.3. The maximum Gasteiger partial charge on any atom is 0.227 e. The SMILES string of the molecule is O=C1NCCc2c[nH]c3cccc(c23)C1Cc1cnc[nH]1.[HH].[HH].[HH]. The van der Waals surface area contributed by atoms with Crippen LogP contribution in [0.25, 0.3) is 10.9 Å². The monoisotopic (exact) mass is 286 g/mol. The minimum atomic E-state index is -0.191. The number of aromatic amines is 2. The predicted molar refractivity (Wildman–Crippen MR) is 86.4 cm³/mol. The molecule has 2 aromatic heterocycles. The van der Waals surface area contributed by atoms with Gasteiger partial charge in [0.25, 0.3) is 0 Å². The molecule has 112 valence electrons. The van der Waals surface area contributed by atoms with E-state index in [0.717, 1.165) is 23.2 Å². The number of hydrogen-bond donors (Lipinski definition) is 3. The number of nitrogens with one attached hydrogen (secondary N) is 3. The molecule has 0 fully saturated rings. The Labute approximate surface area is 126 Å². The third kappa shape index (κ3) is 2.01. The Morgan fingerprint density at radius 3 is 3.14 bits per heavy atom. The summed E-state index contributed by atoms with van der Waals surface area (Å²) in [7, 11) is 0. The van der Waals surface area contributed by atoms with Gasteiger partial charge in [0.2, 0.25) is 5.91 Å². The van der Waals surface area contributed by atoms with Crippen molar-refractivity contribution in [1.29, 1.82) is 0 Å². The van der Waals surface area contributed by atoms with E-state index in [1.807, 2.05) is 6.07 Å². The van der Waals surface area contributed by atoms with Gasteiger partial charge >= 0.3 is 0 Å². The van der Waals surface area contributed by atoms with Crippen molar-refractivity contribution < 1.29 is 9.07 Å². The Morgan fingerprint density at radius 2 is 2.29 bits per heavy atom. The molecule has 21 heavy (non-hydrogen) atoms. The average Bonchev–Trinajstić information content (AvgIpc) is 3.13. The van der Waals surface area contributed by atoms with Crippen LogP contribution in [0.4, 0.5) is 0 Å². The smallest absolute Gasteiger partial charge is 0.227 e. The summed E-state index contributed by atoms with van der Waals surface area (Å²) in [5.41, 5.74) is 4.45. The number of hydrogen-bond acceptors (Lipinski definition) is 2. The number of aromatic nitrogens is 3. The quantitative estimate of drug-likeness (QED) is 0.677. The fourth-order valence-electron chi connectivity index (χ4n) is 3.18. The molecule has 0 aliphatic carbocycles. The topological polar surface area (TPSA) is 73.6 Å². The van der Waals surface area contributed by atoms with Crippen molar-refractivity contribution in [1.82, 2.24) is 20.3 Å². The molecule has 1 aliphatic heterocycles. The van der Waals surface area contributed by atoms with Gasteiger partial charge < -0.3 is 15.3 Å². The summed E-state index contributed by atoms with van der Waals surface area (Å²) >= 11 is 0. The molecule has 3 aromatic rings. The average molecular weight is 286 g/mol. The highest BCUT2D eigenvalue weighted by atomic mass is 16.1. The van der Waals surface area contributed by atoms with Gasteiger partial charge in [0.05, 0.1) is 12.2 Å². The first kappa shape index (κ1) is 12.2. The van der Waals surface area contributed by atoms with Crippen LogP contribution in [0.15, 0.2) is 36.9 Å². The molecule has 0 spiro atoms. The standard InChI is InChI=1S/C16H16N4O.3H2/c21-16-13(6-11-8-17-9-20-11)12-2-1-3-14-15(12)10(7-19-14)4-5-18-16;;;/h1-3,7-9,13,19H,4-6H2,(H,17,20)(H,18,21);3*1H. The lowest BCUT2D eigenvalue weighted by atomic mass is 9.88. The van der Waals surface area contributed by atoms with Crippen LogP contribution < -0.4 is 5.32 Å². The van der Waals surface area contributed by atoms with E-state index < -0.39 is 0 Å². The first-order valence-corrected chi connectivity index (χ1v) is 7.17. The molecule has 0 saturated carbocycles. The minimum absolute atomic E-state index is 0. The molecule has 0 saturated heterocycles. The molecular weight excluding hydrogens is 264 g/mol. The molecule has 1 amide bonds. The Bertz CT molecular complexity index is 801. The van der Waals surface area contributed by atoms with E-state index in [0.29, 0.717) is 13.0 Å². The first-order valence-electron chi connectivity index (χ1n) is 7.17. The molecule has 4 rings (SSSR count). The van der Waals surface area contributed by atoms with Crippen LogP contribution in [-0.4, -0.2) is 27.4 Å². The van der Waals surface area contributed by atoms with E-state index >= 15 is 0 Å². The summed E-state index contributed by atoms with van der Waals surface area (Å²) in [5, 5.41) is 4.24. The van der Waals surface area contributed by atoms with Crippen LogP contribution >= 0.6 is 0 Å². The Kier molecular flexibility index (Phi) is 2.77. The number of carbonyl (C=O) groups is 1. The molecule has 1 aliphatic rings. The Morgan fingerprint density at radius 1 is 1.33 bits per heavy atom. The van der Waals surface area contributed by atoms with Gasteiger partial charge in [-0.1, -0.05) is 12.1 Å². The van der Waals surface area contributed by atoms with Gasteiger partial charge in [0, 0.05) is 46.2 Å². The van der Waals surface area contributed by atoms with E-state index in [2.05, 4.69) is 38.6 Å². The lowest BCUT2D eigenvalue weighted by Gasteiger charge is -2.21. The Balaban J connectivity index is 0.000000960. The van der Waals surface area contributed by atoms with Crippen LogP contribution in [-0.2, 0) is 17.6 Å². The number of imidazole rings is 1. The molecule has 3 N–H and O–H groups in total. The third-order valence-electron chi connectivity index (χ3n) is 4.18. The number of benzene rings is 1. The number of rotatable bonds is 2. The van der Waals surface area contributed by atoms with Crippen LogP contribution in [0, 0.1) is 0 Å². The fourth-order valence-corrected chi connectivity index (χ4v) is 3.18. The predicted octanol–water partition coefficient (Wildman–Crippen LogP) is 2.63. The molecule has 0 radical (unpaired) electrons. The highest BCUT2D eigenvalue weighted by Gasteiger charge is 2.26. The van der Waals surface area contributed by atoms with E-state index in [1.165, 1.54) is 10.9 Å². The van der Waals surface area contributed by atoms with Crippen molar-refractivity contribution in [2.75, 3.05) is 6.54 Å². The second-order valence-corrected chi connectivity index (χ2v) is 5.46. The number of H-pyrrole nitrogens is 2. The molecule has 1 unspecified atom stereocenters. The van der Waals surface area contributed by atoms with E-state index in [9.17, 15) is 4.79 Å². The number of carbonyl (C=O) groups excluding carboxylic acids is 1. The normalized spacial score (nSPS) is 18.3. The van der Waals surface area contributed by atoms with E-state index in [4.69, 9.17) is 0 Å². The van der Waals surface area contributed by atoms with E-state index in [-0.39, 0.29) is 16.1 Å². The molecule has 1 atom stereocenters. The molecular formula is C16H22N4O. The summed E-state index contributed by atoms with van der Waals surface area (Å²) in [5.74, 6) is -0.104. The molecule has 5 nitrogen and oxygen atoms in total. The van der Waals surface area contributed by atoms with Gasteiger partial charge in [-0.05, 0) is 23.6 Å². The maximum atomic E-state index is 12.5. The number of amides is 1. The van der Waals surface area contributed by atoms with Crippen molar-refractivity contribution >= 4 is 16.8 Å². The Hall–Kier alpha value is -2.56. The zero-order valence-corrected chi connectivity index (χ0v) is 11.5. The second kappa shape index (κ2) is 4.77. The largest absolute Gasteiger partial charge is 0.361 e. The van der Waals surface area contributed by atoms with Gasteiger partial charge in [0.15, 0.2) is 0 Å². The molecule has 3 heterocycles. The van der Waals surface area contributed by atoms with Crippen molar-refractivity contribution in [2.24, 2.45) is 0 Å². The minimum Gasteiger partial charge on any atom is -0.361 e. The van der Waals surface area contributed by atoms with Crippen LogP contribution in [0.2, 0.25) is 0 Å². The summed E-state index contributed by atoms with van der Waals surface area (Å²) < 4.78 is 0. The second-order valence-electron chi connectivity index (χ2n) is 5.46. The highest BCUT2D eigenvalue weighted by molar-refractivity contribution is 5.94. The summed E-state index contributed by atoms with van der Waals surface area (Å²) in [6, 6.07) is 6.13. The van der Waals surface area contributed by atoms with Crippen LogP contribution in [0.3, 0.4) is 0 Å². The van der Waals surface area contributed by atoms with Gasteiger partial charge in [-0.25, -0.2) is 4.98 Å².